The molecule has 1 saturated heterocycles. The Balaban J connectivity index is 1.77. The fourth-order valence-corrected chi connectivity index (χ4v) is 5.22. The van der Waals surface area contributed by atoms with Crippen molar-refractivity contribution in [1.29, 1.82) is 0 Å². The monoisotopic (exact) mass is 469 g/mol. The van der Waals surface area contributed by atoms with Crippen LogP contribution in [0.25, 0.3) is 0 Å². The highest BCUT2D eigenvalue weighted by Gasteiger charge is 2.29. The third kappa shape index (κ3) is 5.60. The molecule has 1 heterocycles. The molecule has 0 aromatic heterocycles. The average Bonchev–Trinajstić information content (AvgIpc) is 2.75. The third-order valence-electron chi connectivity index (χ3n) is 4.77. The quantitative estimate of drug-likeness (QED) is 0.657. The van der Waals surface area contributed by atoms with Crippen molar-refractivity contribution in [3.05, 3.63) is 54.1 Å². The minimum atomic E-state index is -3.85. The van der Waals surface area contributed by atoms with Gasteiger partial charge in [0.15, 0.2) is 0 Å². The predicted molar refractivity (Wildman–Crippen MR) is 114 cm³/mol. The number of hydrogen-bond acceptors (Lipinski definition) is 5. The summed E-state index contributed by atoms with van der Waals surface area (Å²) in [5.41, 5.74) is 0.298. The van der Waals surface area contributed by atoms with Gasteiger partial charge in [0.1, 0.15) is 0 Å². The number of alkyl halides is 2. The maximum absolute atomic E-state index is 13.0. The smallest absolute Gasteiger partial charge is 0.288 e. The molecule has 0 radical (unpaired) electrons. The number of anilines is 1. The van der Waals surface area contributed by atoms with Crippen LogP contribution in [-0.2, 0) is 14.8 Å². The van der Waals surface area contributed by atoms with Crippen molar-refractivity contribution in [2.75, 3.05) is 31.5 Å². The predicted octanol–water partition coefficient (Wildman–Crippen LogP) is 3.11. The van der Waals surface area contributed by atoms with Crippen LogP contribution < -0.4 is 5.32 Å². The van der Waals surface area contributed by atoms with Crippen molar-refractivity contribution in [1.82, 2.24) is 9.21 Å². The number of sulfonamides is 1. The lowest BCUT2D eigenvalue weighted by Gasteiger charge is -2.33. The van der Waals surface area contributed by atoms with Crippen LogP contribution >= 0.6 is 11.8 Å². The molecule has 2 amide bonds. The van der Waals surface area contributed by atoms with Gasteiger partial charge in [-0.05, 0) is 30.3 Å². The molecular weight excluding hydrogens is 448 g/mol. The summed E-state index contributed by atoms with van der Waals surface area (Å²) < 4.78 is 52.7. The van der Waals surface area contributed by atoms with Crippen LogP contribution in [0, 0.1) is 0 Å². The highest BCUT2D eigenvalue weighted by atomic mass is 32.2. The maximum Gasteiger partial charge on any atom is 0.288 e. The van der Waals surface area contributed by atoms with E-state index in [1.165, 1.54) is 47.6 Å². The molecule has 31 heavy (non-hydrogen) atoms. The first-order valence-electron chi connectivity index (χ1n) is 9.39. The van der Waals surface area contributed by atoms with Gasteiger partial charge in [-0.25, -0.2) is 8.42 Å². The summed E-state index contributed by atoms with van der Waals surface area (Å²) in [6.45, 7) is 2.36. The van der Waals surface area contributed by atoms with Crippen LogP contribution in [0.3, 0.4) is 0 Å². The first-order chi connectivity index (χ1) is 14.7. The number of thioether (sulfide) groups is 1. The second-order valence-electron chi connectivity index (χ2n) is 6.77. The van der Waals surface area contributed by atoms with E-state index >= 15 is 0 Å². The number of nitrogens with zero attached hydrogens (tertiary/aromatic N) is 2. The summed E-state index contributed by atoms with van der Waals surface area (Å²) in [6.07, 6.45) is 0. The van der Waals surface area contributed by atoms with Gasteiger partial charge in [0.05, 0.1) is 10.6 Å². The number of piperazine rings is 1. The summed E-state index contributed by atoms with van der Waals surface area (Å²) in [5, 5.41) is 2.56. The first kappa shape index (κ1) is 23.2. The zero-order chi connectivity index (χ0) is 22.6. The summed E-state index contributed by atoms with van der Waals surface area (Å²) >= 11 is 0.312. The fourth-order valence-electron chi connectivity index (χ4n) is 3.15. The molecule has 2 aromatic carbocycles. The van der Waals surface area contributed by atoms with Gasteiger partial charge in [-0.15, -0.1) is 0 Å². The fraction of sp³-hybridized carbons (Fsp3) is 0.300. The maximum atomic E-state index is 13.0. The number of halogens is 2. The molecule has 1 aliphatic rings. The Bertz CT molecular complexity index is 1070. The molecule has 1 N–H and O–H groups in total. The van der Waals surface area contributed by atoms with Crippen molar-refractivity contribution in [3.8, 4) is 0 Å². The molecule has 1 fully saturated rings. The van der Waals surface area contributed by atoms with Crippen molar-refractivity contribution < 1.29 is 26.8 Å². The van der Waals surface area contributed by atoms with Crippen LogP contribution in [0.5, 0.6) is 0 Å². The van der Waals surface area contributed by atoms with E-state index in [0.29, 0.717) is 24.9 Å². The molecule has 0 saturated carbocycles. The van der Waals surface area contributed by atoms with E-state index in [1.807, 2.05) is 0 Å². The van der Waals surface area contributed by atoms with Gasteiger partial charge in [0, 0.05) is 43.6 Å². The SMILES string of the molecule is CC(=O)N1CCN(S(=O)(=O)c2cccc(C(=O)Nc3ccccc3SC(F)F)c2)CC1. The van der Waals surface area contributed by atoms with Gasteiger partial charge in [0.2, 0.25) is 15.9 Å². The molecule has 3 rings (SSSR count). The second-order valence-corrected chi connectivity index (χ2v) is 9.74. The lowest BCUT2D eigenvalue weighted by atomic mass is 10.2. The Morgan fingerprint density at radius 2 is 1.71 bits per heavy atom. The van der Waals surface area contributed by atoms with Crippen LogP contribution in [0.15, 0.2) is 58.3 Å². The number of para-hydroxylation sites is 1. The van der Waals surface area contributed by atoms with E-state index < -0.39 is 21.7 Å². The summed E-state index contributed by atoms with van der Waals surface area (Å²) in [4.78, 5) is 25.8. The standard InChI is InChI=1S/C20H21F2N3O4S2/c1-14(26)24-9-11-25(12-10-24)31(28,29)16-6-4-5-15(13-16)19(27)23-17-7-2-3-8-18(17)30-20(21)22/h2-8,13,20H,9-12H2,1H3,(H,23,27). The number of nitrogens with one attached hydrogen (secondary N) is 1. The lowest BCUT2D eigenvalue weighted by Crippen LogP contribution is -2.49. The van der Waals surface area contributed by atoms with Gasteiger partial charge in [-0.3, -0.25) is 9.59 Å². The number of benzene rings is 2. The number of amides is 2. The van der Waals surface area contributed by atoms with E-state index in [0.717, 1.165) is 0 Å². The molecule has 0 aliphatic carbocycles. The Kier molecular flexibility index (Phi) is 7.29. The minimum absolute atomic E-state index is 0.0494. The molecule has 0 unspecified atom stereocenters. The van der Waals surface area contributed by atoms with Crippen molar-refractivity contribution in [2.45, 2.75) is 22.5 Å². The number of hydrogen-bond donors (Lipinski definition) is 1. The molecule has 11 heteroatoms. The Hall–Kier alpha value is -2.50. The average molecular weight is 470 g/mol. The normalized spacial score (nSPS) is 15.2. The molecule has 7 nitrogen and oxygen atoms in total. The number of carbonyl (C=O) groups is 2. The van der Waals surface area contributed by atoms with E-state index in [9.17, 15) is 26.8 Å². The molecule has 166 valence electrons. The van der Waals surface area contributed by atoms with Crippen LogP contribution in [0.2, 0.25) is 0 Å². The Labute approximate surface area is 183 Å². The molecule has 0 spiro atoms. The van der Waals surface area contributed by atoms with E-state index in [4.69, 9.17) is 0 Å². The first-order valence-corrected chi connectivity index (χ1v) is 11.7. The lowest BCUT2D eigenvalue weighted by molar-refractivity contribution is -0.129. The largest absolute Gasteiger partial charge is 0.340 e. The molecule has 0 bridgehead atoms. The zero-order valence-electron chi connectivity index (χ0n) is 16.6. The van der Waals surface area contributed by atoms with Crippen molar-refractivity contribution in [3.63, 3.8) is 0 Å². The van der Waals surface area contributed by atoms with Gasteiger partial charge >= 0.3 is 0 Å². The highest BCUT2D eigenvalue weighted by Crippen LogP contribution is 2.32. The Morgan fingerprint density at radius 3 is 2.35 bits per heavy atom. The van der Waals surface area contributed by atoms with Gasteiger partial charge in [0.25, 0.3) is 11.7 Å². The molecule has 1 aliphatic heterocycles. The Morgan fingerprint density at radius 1 is 1.03 bits per heavy atom. The van der Waals surface area contributed by atoms with Gasteiger partial charge in [-0.2, -0.15) is 13.1 Å². The van der Waals surface area contributed by atoms with Gasteiger partial charge in [-0.1, -0.05) is 30.0 Å². The third-order valence-corrected chi connectivity index (χ3v) is 7.45. The summed E-state index contributed by atoms with van der Waals surface area (Å²) in [7, 11) is -3.85. The minimum Gasteiger partial charge on any atom is -0.340 e. The van der Waals surface area contributed by atoms with E-state index in [1.54, 1.807) is 17.0 Å². The molecule has 2 aromatic rings. The second kappa shape index (κ2) is 9.75. The zero-order valence-corrected chi connectivity index (χ0v) is 18.3. The van der Waals surface area contributed by atoms with Crippen molar-refractivity contribution in [2.24, 2.45) is 0 Å². The van der Waals surface area contributed by atoms with Crippen LogP contribution in [0.1, 0.15) is 17.3 Å². The van der Waals surface area contributed by atoms with Crippen LogP contribution in [0.4, 0.5) is 14.5 Å². The van der Waals surface area contributed by atoms with Gasteiger partial charge < -0.3 is 10.2 Å². The van der Waals surface area contributed by atoms with Crippen LogP contribution in [-0.4, -0.2) is 61.4 Å². The highest BCUT2D eigenvalue weighted by molar-refractivity contribution is 7.99. The molecule has 0 atom stereocenters. The number of rotatable bonds is 6. The number of carbonyl (C=O) groups excluding carboxylic acids is 2. The summed E-state index contributed by atoms with van der Waals surface area (Å²) in [6, 6.07) is 11.7. The molecular formula is C20H21F2N3O4S2. The van der Waals surface area contributed by atoms with E-state index in [-0.39, 0.29) is 40.0 Å². The van der Waals surface area contributed by atoms with Crippen molar-refractivity contribution >= 4 is 39.3 Å². The van der Waals surface area contributed by atoms with E-state index in [2.05, 4.69) is 5.32 Å². The topological polar surface area (TPSA) is 86.8 Å². The summed E-state index contributed by atoms with van der Waals surface area (Å²) in [5.74, 6) is -3.36.